The highest BCUT2D eigenvalue weighted by Gasteiger charge is 2.23. The van der Waals surface area contributed by atoms with E-state index in [1.165, 1.54) is 0 Å². The zero-order chi connectivity index (χ0) is 11.5. The quantitative estimate of drug-likeness (QED) is 0.709. The van der Waals surface area contributed by atoms with Crippen LogP contribution in [0.5, 0.6) is 0 Å². The van der Waals surface area contributed by atoms with Gasteiger partial charge in [-0.25, -0.2) is 13.1 Å². The van der Waals surface area contributed by atoms with Gasteiger partial charge in [0.05, 0.1) is 0 Å². The first-order valence-corrected chi connectivity index (χ1v) is 6.97. The minimum atomic E-state index is -3.40. The molecule has 1 rings (SSSR count). The number of nitrogens with one attached hydrogen (secondary N) is 1. The Morgan fingerprint density at radius 3 is 2.73 bits per heavy atom. The van der Waals surface area contributed by atoms with E-state index in [4.69, 9.17) is 11.6 Å². The van der Waals surface area contributed by atoms with E-state index in [1.54, 1.807) is 11.8 Å². The summed E-state index contributed by atoms with van der Waals surface area (Å²) in [4.78, 5) is 12.9. The van der Waals surface area contributed by atoms with Gasteiger partial charge in [-0.3, -0.25) is 4.79 Å². The fraction of sp³-hybridized carbons (Fsp3) is 0.875. The lowest BCUT2D eigenvalue weighted by molar-refractivity contribution is -0.127. The summed E-state index contributed by atoms with van der Waals surface area (Å²) in [7, 11) is -3.40. The second kappa shape index (κ2) is 5.14. The molecular weight excluding hydrogens is 240 g/mol. The minimum absolute atomic E-state index is 0.0897. The van der Waals surface area contributed by atoms with Gasteiger partial charge in [-0.05, 0) is 13.3 Å². The molecule has 0 radical (unpaired) electrons. The molecule has 1 aliphatic rings. The number of alkyl halides is 1. The maximum Gasteiger partial charge on any atom is 0.225 e. The molecule has 0 aliphatic carbocycles. The Labute approximate surface area is 94.8 Å². The van der Waals surface area contributed by atoms with Gasteiger partial charge in [0.25, 0.3) is 0 Å². The van der Waals surface area contributed by atoms with E-state index in [-0.39, 0.29) is 11.9 Å². The molecule has 0 saturated carbocycles. The Kier molecular flexibility index (Phi) is 4.36. The highest BCUT2D eigenvalue weighted by molar-refractivity contribution is 7.90. The van der Waals surface area contributed by atoms with Crippen molar-refractivity contribution in [3.63, 3.8) is 0 Å². The summed E-state index contributed by atoms with van der Waals surface area (Å²) in [5.41, 5.74) is 0. The van der Waals surface area contributed by atoms with E-state index in [0.29, 0.717) is 19.5 Å². The van der Waals surface area contributed by atoms with E-state index in [9.17, 15) is 13.2 Å². The van der Waals surface area contributed by atoms with E-state index >= 15 is 0 Å². The molecule has 1 saturated heterocycles. The van der Waals surface area contributed by atoms with Crippen molar-refractivity contribution in [3.8, 4) is 0 Å². The Morgan fingerprint density at radius 1 is 1.60 bits per heavy atom. The maximum atomic E-state index is 11.3. The summed E-state index contributed by atoms with van der Waals surface area (Å²) >= 11 is 5.25. The predicted octanol–water partition coefficient (Wildman–Crippen LogP) is 0.113. The monoisotopic (exact) mass is 254 g/mol. The molecule has 0 aromatic rings. The summed E-state index contributed by atoms with van der Waals surface area (Å²) in [6.07, 6.45) is 1.42. The molecule has 5 nitrogen and oxygen atoms in total. The Hall–Kier alpha value is -0.330. The van der Waals surface area contributed by atoms with Crippen molar-refractivity contribution in [2.75, 3.05) is 18.3 Å². The molecule has 1 amide bonds. The molecule has 0 bridgehead atoms. The molecule has 7 heteroatoms. The van der Waals surface area contributed by atoms with Crippen LogP contribution in [0, 0.1) is 0 Å². The van der Waals surface area contributed by atoms with Crippen molar-refractivity contribution in [1.82, 2.24) is 9.62 Å². The van der Waals surface area contributed by atoms with Gasteiger partial charge in [0.2, 0.25) is 15.9 Å². The number of sulfonamides is 1. The standard InChI is InChI=1S/C8H15ClN2O3S/c1-7(10-15(13,14)6-9)5-11-4-2-3-8(11)12/h7,10H,2-6H2,1H3. The van der Waals surface area contributed by atoms with Crippen LogP contribution in [-0.2, 0) is 14.8 Å². The highest BCUT2D eigenvalue weighted by atomic mass is 35.5. The van der Waals surface area contributed by atoms with Crippen molar-refractivity contribution >= 4 is 27.5 Å². The second-order valence-corrected chi connectivity index (χ2v) is 6.02. The van der Waals surface area contributed by atoms with E-state index < -0.39 is 15.2 Å². The third kappa shape index (κ3) is 3.96. The fourth-order valence-corrected chi connectivity index (χ4v) is 2.54. The van der Waals surface area contributed by atoms with Gasteiger partial charge in [-0.15, -0.1) is 11.6 Å². The molecule has 88 valence electrons. The maximum absolute atomic E-state index is 11.3. The molecule has 1 N–H and O–H groups in total. The second-order valence-electron chi connectivity index (χ2n) is 3.69. The molecule has 1 aliphatic heterocycles. The van der Waals surface area contributed by atoms with Gasteiger partial charge in [-0.2, -0.15) is 0 Å². The summed E-state index contributed by atoms with van der Waals surface area (Å²) in [5.74, 6) is 0.0897. The molecule has 0 aromatic carbocycles. The number of carbonyl (C=O) groups excluding carboxylic acids is 1. The van der Waals surface area contributed by atoms with Crippen LogP contribution in [0.15, 0.2) is 0 Å². The topological polar surface area (TPSA) is 66.5 Å². The largest absolute Gasteiger partial charge is 0.341 e. The van der Waals surface area contributed by atoms with Crippen LogP contribution >= 0.6 is 11.6 Å². The zero-order valence-electron chi connectivity index (χ0n) is 8.57. The van der Waals surface area contributed by atoms with Crippen molar-refractivity contribution in [2.45, 2.75) is 25.8 Å². The first kappa shape index (κ1) is 12.7. The first-order chi connectivity index (χ1) is 6.94. The number of halogens is 1. The van der Waals surface area contributed by atoms with Crippen LogP contribution in [0.25, 0.3) is 0 Å². The zero-order valence-corrected chi connectivity index (χ0v) is 10.1. The molecule has 1 heterocycles. The van der Waals surface area contributed by atoms with Gasteiger partial charge >= 0.3 is 0 Å². The fourth-order valence-electron chi connectivity index (χ4n) is 1.60. The van der Waals surface area contributed by atoms with Gasteiger partial charge in [0.15, 0.2) is 0 Å². The molecular formula is C8H15ClN2O3S. The lowest BCUT2D eigenvalue weighted by atomic mass is 10.3. The Balaban J connectivity index is 2.42. The molecule has 1 fully saturated rings. The normalized spacial score (nSPS) is 19.6. The van der Waals surface area contributed by atoms with Crippen LogP contribution in [-0.4, -0.2) is 43.6 Å². The Bertz CT molecular complexity index is 331. The average molecular weight is 255 g/mol. The molecule has 0 spiro atoms. The Morgan fingerprint density at radius 2 is 2.27 bits per heavy atom. The number of hydrogen-bond donors (Lipinski definition) is 1. The van der Waals surface area contributed by atoms with Gasteiger partial charge in [0.1, 0.15) is 5.21 Å². The summed E-state index contributed by atoms with van der Waals surface area (Å²) < 4.78 is 24.6. The SMILES string of the molecule is CC(CN1CCCC1=O)NS(=O)(=O)CCl. The number of rotatable bonds is 5. The number of nitrogens with zero attached hydrogens (tertiary/aromatic N) is 1. The van der Waals surface area contributed by atoms with Crippen molar-refractivity contribution in [3.05, 3.63) is 0 Å². The van der Waals surface area contributed by atoms with Gasteiger partial charge in [-0.1, -0.05) is 0 Å². The van der Waals surface area contributed by atoms with Crippen molar-refractivity contribution in [2.24, 2.45) is 0 Å². The number of amides is 1. The van der Waals surface area contributed by atoms with Crippen LogP contribution in [0.1, 0.15) is 19.8 Å². The lowest BCUT2D eigenvalue weighted by Crippen LogP contribution is -2.42. The third-order valence-corrected chi connectivity index (χ3v) is 4.10. The lowest BCUT2D eigenvalue weighted by Gasteiger charge is -2.21. The number of hydrogen-bond acceptors (Lipinski definition) is 3. The van der Waals surface area contributed by atoms with Gasteiger partial charge < -0.3 is 4.90 Å². The molecule has 0 aromatic heterocycles. The number of likely N-dealkylation sites (tertiary alicyclic amines) is 1. The van der Waals surface area contributed by atoms with Crippen LogP contribution < -0.4 is 4.72 Å². The van der Waals surface area contributed by atoms with Crippen molar-refractivity contribution < 1.29 is 13.2 Å². The minimum Gasteiger partial charge on any atom is -0.341 e. The van der Waals surface area contributed by atoms with Crippen LogP contribution in [0.4, 0.5) is 0 Å². The van der Waals surface area contributed by atoms with Gasteiger partial charge in [0, 0.05) is 25.6 Å². The molecule has 15 heavy (non-hydrogen) atoms. The van der Waals surface area contributed by atoms with E-state index in [1.807, 2.05) is 0 Å². The predicted molar refractivity (Wildman–Crippen MR) is 58.1 cm³/mol. The van der Waals surface area contributed by atoms with Crippen molar-refractivity contribution in [1.29, 1.82) is 0 Å². The first-order valence-electron chi connectivity index (χ1n) is 4.78. The smallest absolute Gasteiger partial charge is 0.225 e. The molecule has 1 atom stereocenters. The van der Waals surface area contributed by atoms with Crippen LogP contribution in [0.3, 0.4) is 0 Å². The highest BCUT2D eigenvalue weighted by Crippen LogP contribution is 2.10. The third-order valence-electron chi connectivity index (χ3n) is 2.19. The van der Waals surface area contributed by atoms with E-state index in [2.05, 4.69) is 4.72 Å². The average Bonchev–Trinajstić information content (AvgIpc) is 2.51. The number of carbonyl (C=O) groups is 1. The summed E-state index contributed by atoms with van der Waals surface area (Å²) in [6.45, 7) is 2.84. The van der Waals surface area contributed by atoms with E-state index in [0.717, 1.165) is 6.42 Å². The molecule has 1 unspecified atom stereocenters. The van der Waals surface area contributed by atoms with Crippen LogP contribution in [0.2, 0.25) is 0 Å². The summed E-state index contributed by atoms with van der Waals surface area (Å²) in [5, 5.41) is -0.453. The summed E-state index contributed by atoms with van der Waals surface area (Å²) in [6, 6.07) is -0.296.